The highest BCUT2D eigenvalue weighted by molar-refractivity contribution is 5.46. The molecule has 0 unspecified atom stereocenters. The Morgan fingerprint density at radius 3 is 2.56 bits per heavy atom. The van der Waals surface area contributed by atoms with E-state index < -0.39 is 0 Å². The molecule has 18 heavy (non-hydrogen) atoms. The van der Waals surface area contributed by atoms with Crippen molar-refractivity contribution in [2.24, 2.45) is 0 Å². The van der Waals surface area contributed by atoms with Gasteiger partial charge in [-0.15, -0.1) is 0 Å². The number of para-hydroxylation sites is 1. The summed E-state index contributed by atoms with van der Waals surface area (Å²) in [6.07, 6.45) is 1.45. The fourth-order valence-electron chi connectivity index (χ4n) is 1.92. The van der Waals surface area contributed by atoms with Crippen molar-refractivity contribution in [3.63, 3.8) is 0 Å². The van der Waals surface area contributed by atoms with E-state index >= 15 is 0 Å². The molecule has 0 aliphatic rings. The van der Waals surface area contributed by atoms with Crippen LogP contribution in [0.15, 0.2) is 24.3 Å². The van der Waals surface area contributed by atoms with E-state index in [1.54, 1.807) is 0 Å². The summed E-state index contributed by atoms with van der Waals surface area (Å²) < 4.78 is 5.61. The number of nitrogens with zero attached hydrogens (tertiary/aromatic N) is 1. The second-order valence-corrected chi connectivity index (χ2v) is 4.89. The zero-order valence-corrected chi connectivity index (χ0v) is 11.9. The fraction of sp³-hybridized carbons (Fsp3) is 0.600. The summed E-state index contributed by atoms with van der Waals surface area (Å²) in [5, 5.41) is 0. The Balaban J connectivity index is 2.49. The number of hydrogen-bond donors (Lipinski definition) is 1. The van der Waals surface area contributed by atoms with Crippen molar-refractivity contribution >= 4 is 5.69 Å². The highest BCUT2D eigenvalue weighted by Gasteiger charge is 2.07. The predicted octanol–water partition coefficient (Wildman–Crippen LogP) is 2.91. The molecular formula is C15H26N2O. The van der Waals surface area contributed by atoms with Crippen LogP contribution in [0.3, 0.4) is 0 Å². The third-order valence-electron chi connectivity index (χ3n) is 2.85. The largest absolute Gasteiger partial charge is 0.398 e. The van der Waals surface area contributed by atoms with Crippen LogP contribution in [-0.4, -0.2) is 30.7 Å². The molecular weight excluding hydrogens is 224 g/mol. The number of benzene rings is 1. The zero-order valence-electron chi connectivity index (χ0n) is 11.9. The Bertz CT molecular complexity index is 339. The van der Waals surface area contributed by atoms with E-state index in [-0.39, 0.29) is 0 Å². The van der Waals surface area contributed by atoms with E-state index in [0.717, 1.165) is 38.3 Å². The monoisotopic (exact) mass is 250 g/mol. The minimum atomic E-state index is 0.301. The van der Waals surface area contributed by atoms with Crippen LogP contribution in [0.1, 0.15) is 32.8 Å². The summed E-state index contributed by atoms with van der Waals surface area (Å²) in [6.45, 7) is 10.1. The molecule has 0 amide bonds. The van der Waals surface area contributed by atoms with Gasteiger partial charge in [0.2, 0.25) is 0 Å². The number of nitrogens with two attached hydrogens (primary N) is 1. The number of rotatable bonds is 8. The minimum absolute atomic E-state index is 0.301. The molecule has 0 bridgehead atoms. The third kappa shape index (κ3) is 5.52. The van der Waals surface area contributed by atoms with Gasteiger partial charge in [-0.3, -0.25) is 4.90 Å². The highest BCUT2D eigenvalue weighted by atomic mass is 16.5. The Labute approximate surface area is 111 Å². The van der Waals surface area contributed by atoms with E-state index in [2.05, 4.69) is 31.7 Å². The molecule has 2 N–H and O–H groups in total. The van der Waals surface area contributed by atoms with Crippen molar-refractivity contribution in [1.82, 2.24) is 4.90 Å². The van der Waals surface area contributed by atoms with Crippen molar-refractivity contribution in [1.29, 1.82) is 0 Å². The molecule has 3 heteroatoms. The Morgan fingerprint density at radius 1 is 1.22 bits per heavy atom. The van der Waals surface area contributed by atoms with Crippen LogP contribution >= 0.6 is 0 Å². The number of anilines is 1. The molecule has 0 heterocycles. The van der Waals surface area contributed by atoms with Gasteiger partial charge in [0, 0.05) is 18.8 Å². The van der Waals surface area contributed by atoms with Gasteiger partial charge in [0.05, 0.1) is 12.7 Å². The second kappa shape index (κ2) is 8.11. The average molecular weight is 250 g/mol. The van der Waals surface area contributed by atoms with Crippen molar-refractivity contribution < 1.29 is 4.74 Å². The van der Waals surface area contributed by atoms with Crippen molar-refractivity contribution in [2.45, 2.75) is 39.8 Å². The summed E-state index contributed by atoms with van der Waals surface area (Å²) in [5.41, 5.74) is 8.07. The molecule has 3 nitrogen and oxygen atoms in total. The first kappa shape index (κ1) is 15.0. The molecule has 0 atom stereocenters. The molecule has 1 rings (SSSR count). The van der Waals surface area contributed by atoms with Gasteiger partial charge < -0.3 is 10.5 Å². The molecule has 0 spiro atoms. The lowest BCUT2D eigenvalue weighted by molar-refractivity contribution is 0.0574. The lowest BCUT2D eigenvalue weighted by atomic mass is 10.1. The molecule has 0 aliphatic heterocycles. The van der Waals surface area contributed by atoms with Crippen LogP contribution in [0.4, 0.5) is 5.69 Å². The molecule has 1 aromatic carbocycles. The minimum Gasteiger partial charge on any atom is -0.398 e. The van der Waals surface area contributed by atoms with E-state index in [0.29, 0.717) is 6.10 Å². The van der Waals surface area contributed by atoms with E-state index in [4.69, 9.17) is 10.5 Å². The molecule has 0 saturated heterocycles. The lowest BCUT2D eigenvalue weighted by Gasteiger charge is -2.23. The van der Waals surface area contributed by atoms with Gasteiger partial charge in [0.1, 0.15) is 0 Å². The Hall–Kier alpha value is -1.06. The van der Waals surface area contributed by atoms with Crippen LogP contribution in [0.5, 0.6) is 0 Å². The van der Waals surface area contributed by atoms with E-state index in [1.807, 2.05) is 18.2 Å². The quantitative estimate of drug-likeness (QED) is 0.721. The standard InChI is InChI=1S/C15H26N2O/c1-4-9-17(10-11-18-13(2)3)12-14-7-5-6-8-15(14)16/h5-8,13H,4,9-12,16H2,1-3H3. The molecule has 1 aromatic rings. The highest BCUT2D eigenvalue weighted by Crippen LogP contribution is 2.13. The van der Waals surface area contributed by atoms with E-state index in [1.165, 1.54) is 5.56 Å². The van der Waals surface area contributed by atoms with Crippen LogP contribution in [0.2, 0.25) is 0 Å². The maximum absolute atomic E-state index is 5.98. The van der Waals surface area contributed by atoms with Gasteiger partial charge in [0.15, 0.2) is 0 Å². The first-order valence-electron chi connectivity index (χ1n) is 6.80. The maximum atomic E-state index is 5.98. The normalized spacial score (nSPS) is 11.4. The fourth-order valence-corrected chi connectivity index (χ4v) is 1.92. The Morgan fingerprint density at radius 2 is 1.94 bits per heavy atom. The predicted molar refractivity (Wildman–Crippen MR) is 77.5 cm³/mol. The van der Waals surface area contributed by atoms with Gasteiger partial charge in [0.25, 0.3) is 0 Å². The smallest absolute Gasteiger partial charge is 0.0597 e. The molecule has 0 aromatic heterocycles. The topological polar surface area (TPSA) is 38.5 Å². The van der Waals surface area contributed by atoms with Crippen LogP contribution in [-0.2, 0) is 11.3 Å². The number of nitrogen functional groups attached to an aromatic ring is 1. The van der Waals surface area contributed by atoms with Gasteiger partial charge in [-0.2, -0.15) is 0 Å². The van der Waals surface area contributed by atoms with Gasteiger partial charge in [-0.25, -0.2) is 0 Å². The molecule has 0 saturated carbocycles. The van der Waals surface area contributed by atoms with Crippen LogP contribution < -0.4 is 5.73 Å². The average Bonchev–Trinajstić information content (AvgIpc) is 2.32. The number of ether oxygens (including phenoxy) is 1. The lowest BCUT2D eigenvalue weighted by Crippen LogP contribution is -2.29. The maximum Gasteiger partial charge on any atom is 0.0597 e. The molecule has 0 aliphatic carbocycles. The summed E-state index contributed by atoms with van der Waals surface area (Å²) in [5.74, 6) is 0. The summed E-state index contributed by atoms with van der Waals surface area (Å²) in [4.78, 5) is 2.40. The molecule has 0 fully saturated rings. The van der Waals surface area contributed by atoms with Gasteiger partial charge in [-0.1, -0.05) is 25.1 Å². The van der Waals surface area contributed by atoms with Gasteiger partial charge >= 0.3 is 0 Å². The molecule has 102 valence electrons. The van der Waals surface area contributed by atoms with Crippen LogP contribution in [0, 0.1) is 0 Å². The first-order chi connectivity index (χ1) is 8.63. The van der Waals surface area contributed by atoms with Crippen LogP contribution in [0.25, 0.3) is 0 Å². The Kier molecular flexibility index (Phi) is 6.76. The second-order valence-electron chi connectivity index (χ2n) is 4.89. The summed E-state index contributed by atoms with van der Waals surface area (Å²) in [7, 11) is 0. The SMILES string of the molecule is CCCN(CCOC(C)C)Cc1ccccc1N. The van der Waals surface area contributed by atoms with Crippen molar-refractivity contribution in [3.05, 3.63) is 29.8 Å². The first-order valence-corrected chi connectivity index (χ1v) is 6.80. The molecule has 0 radical (unpaired) electrons. The summed E-state index contributed by atoms with van der Waals surface area (Å²) in [6, 6.07) is 8.08. The van der Waals surface area contributed by atoms with Crippen molar-refractivity contribution in [3.8, 4) is 0 Å². The van der Waals surface area contributed by atoms with Gasteiger partial charge in [-0.05, 0) is 38.4 Å². The third-order valence-corrected chi connectivity index (χ3v) is 2.85. The zero-order chi connectivity index (χ0) is 13.4. The summed E-state index contributed by atoms with van der Waals surface area (Å²) >= 11 is 0. The van der Waals surface area contributed by atoms with Crippen molar-refractivity contribution in [2.75, 3.05) is 25.4 Å². The number of hydrogen-bond acceptors (Lipinski definition) is 3. The van der Waals surface area contributed by atoms with E-state index in [9.17, 15) is 0 Å².